The summed E-state index contributed by atoms with van der Waals surface area (Å²) in [5.41, 5.74) is 4.04. The average molecular weight is 575 g/mol. The largest absolute Gasteiger partial charge is 0.490 e. The molecule has 0 aliphatic heterocycles. The molecule has 0 aliphatic carbocycles. The van der Waals surface area contributed by atoms with Crippen LogP contribution >= 0.6 is 15.9 Å². The molecule has 10 heteroatoms. The number of halogens is 1. The van der Waals surface area contributed by atoms with Gasteiger partial charge in [0, 0.05) is 15.6 Å². The Morgan fingerprint density at radius 2 is 1.69 bits per heavy atom. The van der Waals surface area contributed by atoms with Crippen LogP contribution in [-0.4, -0.2) is 33.8 Å². The van der Waals surface area contributed by atoms with Crippen LogP contribution in [0.3, 0.4) is 0 Å². The molecule has 0 spiro atoms. The zero-order valence-corrected chi connectivity index (χ0v) is 22.6. The molecule has 0 aromatic heterocycles. The molecule has 8 nitrogen and oxygen atoms in total. The Hall–Kier alpha value is -3.37. The van der Waals surface area contributed by atoms with Crippen molar-refractivity contribution in [3.8, 4) is 17.2 Å². The Morgan fingerprint density at radius 3 is 2.39 bits per heavy atom. The van der Waals surface area contributed by atoms with Crippen molar-refractivity contribution in [3.05, 3.63) is 81.8 Å². The Balaban J connectivity index is 1.77. The number of rotatable bonds is 11. The van der Waals surface area contributed by atoms with E-state index in [2.05, 4.69) is 26.5 Å². The van der Waals surface area contributed by atoms with Crippen LogP contribution < -0.4 is 19.1 Å². The van der Waals surface area contributed by atoms with E-state index in [1.807, 2.05) is 20.8 Å². The maximum Gasteiger partial charge on any atom is 0.339 e. The molecule has 190 valence electrons. The molecule has 0 atom stereocenters. The topological polar surface area (TPSA) is 103 Å². The minimum atomic E-state index is -4.06. The third-order valence-electron chi connectivity index (χ3n) is 4.82. The highest BCUT2D eigenvalue weighted by molar-refractivity contribution is 9.10. The van der Waals surface area contributed by atoms with Gasteiger partial charge >= 0.3 is 10.1 Å². The molecule has 1 amide bonds. The number of nitrogens with one attached hydrogen (secondary N) is 1. The minimum Gasteiger partial charge on any atom is -0.490 e. The van der Waals surface area contributed by atoms with E-state index in [-0.39, 0.29) is 10.6 Å². The van der Waals surface area contributed by atoms with Gasteiger partial charge in [0.25, 0.3) is 5.91 Å². The fourth-order valence-corrected chi connectivity index (χ4v) is 4.37. The van der Waals surface area contributed by atoms with Gasteiger partial charge in [-0.1, -0.05) is 40.5 Å². The summed E-state index contributed by atoms with van der Waals surface area (Å²) in [4.78, 5) is 12.7. The molecule has 3 rings (SSSR count). The zero-order valence-electron chi connectivity index (χ0n) is 20.2. The summed E-state index contributed by atoms with van der Waals surface area (Å²) >= 11 is 3.35. The van der Waals surface area contributed by atoms with Gasteiger partial charge in [0.15, 0.2) is 17.2 Å². The third kappa shape index (κ3) is 7.32. The second kappa shape index (κ2) is 12.5. The van der Waals surface area contributed by atoms with Gasteiger partial charge in [0.05, 0.1) is 19.4 Å². The molecule has 0 heterocycles. The van der Waals surface area contributed by atoms with E-state index in [1.165, 1.54) is 24.4 Å². The first-order valence-electron chi connectivity index (χ1n) is 11.3. The summed E-state index contributed by atoms with van der Waals surface area (Å²) in [5, 5.41) is 3.99. The summed E-state index contributed by atoms with van der Waals surface area (Å²) in [7, 11) is -4.06. The standard InChI is InChI=1S/C26H27BrN2O6S/c1-4-14-34-24-12-8-19(16-25(24)33-5-2)26(30)29-28-17-20-15-21(27)9-13-23(20)35-36(31,32)22-10-6-18(3)7-11-22/h6-13,15-17H,4-5,14H2,1-3H3,(H,29,30)/b28-17+. The van der Waals surface area contributed by atoms with Crippen LogP contribution in [0.1, 0.15) is 41.8 Å². The molecule has 36 heavy (non-hydrogen) atoms. The van der Waals surface area contributed by atoms with Crippen LogP contribution in [0.4, 0.5) is 0 Å². The van der Waals surface area contributed by atoms with Gasteiger partial charge in [-0.05, 0) is 68.8 Å². The summed E-state index contributed by atoms with van der Waals surface area (Å²) in [6, 6.07) is 16.0. The Kier molecular flexibility index (Phi) is 9.49. The smallest absolute Gasteiger partial charge is 0.339 e. The van der Waals surface area contributed by atoms with E-state index >= 15 is 0 Å². The van der Waals surface area contributed by atoms with Crippen LogP contribution in [0.25, 0.3) is 0 Å². The number of aryl methyl sites for hydroxylation is 1. The Morgan fingerprint density at radius 1 is 0.972 bits per heavy atom. The van der Waals surface area contributed by atoms with Crippen molar-refractivity contribution in [1.82, 2.24) is 5.43 Å². The Bertz CT molecular complexity index is 1340. The molecular weight excluding hydrogens is 548 g/mol. The first-order chi connectivity index (χ1) is 17.2. The van der Waals surface area contributed by atoms with Crippen LogP contribution in [0.2, 0.25) is 0 Å². The molecule has 3 aromatic carbocycles. The maximum absolute atomic E-state index is 12.7. The number of carbonyl (C=O) groups excluding carboxylic acids is 1. The lowest BCUT2D eigenvalue weighted by Crippen LogP contribution is -2.18. The fraction of sp³-hybridized carbons (Fsp3) is 0.231. The van der Waals surface area contributed by atoms with Gasteiger partial charge in [-0.2, -0.15) is 13.5 Å². The molecule has 0 saturated heterocycles. The van der Waals surface area contributed by atoms with E-state index in [0.717, 1.165) is 12.0 Å². The number of carbonyl (C=O) groups is 1. The summed E-state index contributed by atoms with van der Waals surface area (Å²) in [5.74, 6) is 0.614. The number of nitrogens with zero attached hydrogens (tertiary/aromatic N) is 1. The quantitative estimate of drug-likeness (QED) is 0.185. The first kappa shape index (κ1) is 27.2. The van der Waals surface area contributed by atoms with Gasteiger partial charge in [-0.25, -0.2) is 5.43 Å². The molecule has 0 unspecified atom stereocenters. The average Bonchev–Trinajstić information content (AvgIpc) is 2.85. The molecule has 0 radical (unpaired) electrons. The number of ether oxygens (including phenoxy) is 2. The second-order valence-electron chi connectivity index (χ2n) is 7.67. The number of hydrazone groups is 1. The first-order valence-corrected chi connectivity index (χ1v) is 13.5. The van der Waals surface area contributed by atoms with Crippen LogP contribution in [0.15, 0.2) is 75.1 Å². The highest BCUT2D eigenvalue weighted by atomic mass is 79.9. The van der Waals surface area contributed by atoms with Crippen LogP contribution in [-0.2, 0) is 10.1 Å². The van der Waals surface area contributed by atoms with Crippen molar-refractivity contribution in [2.24, 2.45) is 5.10 Å². The van der Waals surface area contributed by atoms with Gasteiger partial charge in [-0.15, -0.1) is 0 Å². The lowest BCUT2D eigenvalue weighted by atomic mass is 10.2. The van der Waals surface area contributed by atoms with Crippen LogP contribution in [0.5, 0.6) is 17.2 Å². The predicted octanol–water partition coefficient (Wildman–Crippen LogP) is 5.48. The minimum absolute atomic E-state index is 0.0312. The summed E-state index contributed by atoms with van der Waals surface area (Å²) in [6.45, 7) is 6.66. The zero-order chi connectivity index (χ0) is 26.1. The van der Waals surface area contributed by atoms with E-state index in [0.29, 0.717) is 40.3 Å². The number of benzene rings is 3. The molecular formula is C26H27BrN2O6S. The maximum atomic E-state index is 12.7. The molecule has 3 aromatic rings. The number of amides is 1. The van der Waals surface area contributed by atoms with Gasteiger partial charge in [0.2, 0.25) is 0 Å². The monoisotopic (exact) mass is 574 g/mol. The van der Waals surface area contributed by atoms with E-state index in [9.17, 15) is 13.2 Å². The molecule has 0 aliphatic rings. The lowest BCUT2D eigenvalue weighted by Gasteiger charge is -2.12. The van der Waals surface area contributed by atoms with Crippen molar-refractivity contribution in [2.75, 3.05) is 13.2 Å². The molecule has 1 N–H and O–H groups in total. The van der Waals surface area contributed by atoms with Crippen LogP contribution in [0, 0.1) is 6.92 Å². The molecule has 0 saturated carbocycles. The van der Waals surface area contributed by atoms with Gasteiger partial charge < -0.3 is 13.7 Å². The van der Waals surface area contributed by atoms with E-state index in [1.54, 1.807) is 42.5 Å². The van der Waals surface area contributed by atoms with Crippen molar-refractivity contribution in [3.63, 3.8) is 0 Å². The highest BCUT2D eigenvalue weighted by Gasteiger charge is 2.18. The van der Waals surface area contributed by atoms with Crippen molar-refractivity contribution >= 4 is 38.2 Å². The van der Waals surface area contributed by atoms with Crippen molar-refractivity contribution in [1.29, 1.82) is 0 Å². The van der Waals surface area contributed by atoms with E-state index in [4.69, 9.17) is 13.7 Å². The summed E-state index contributed by atoms with van der Waals surface area (Å²) < 4.78 is 42.7. The highest BCUT2D eigenvalue weighted by Crippen LogP contribution is 2.29. The lowest BCUT2D eigenvalue weighted by molar-refractivity contribution is 0.0954. The third-order valence-corrected chi connectivity index (χ3v) is 6.56. The van der Waals surface area contributed by atoms with Crippen molar-refractivity contribution in [2.45, 2.75) is 32.1 Å². The van der Waals surface area contributed by atoms with Crippen molar-refractivity contribution < 1.29 is 26.9 Å². The Labute approximate surface area is 219 Å². The predicted molar refractivity (Wildman–Crippen MR) is 142 cm³/mol. The van der Waals surface area contributed by atoms with Gasteiger partial charge in [0.1, 0.15) is 4.90 Å². The van der Waals surface area contributed by atoms with E-state index < -0.39 is 16.0 Å². The second-order valence-corrected chi connectivity index (χ2v) is 10.1. The SMILES string of the molecule is CCCOc1ccc(C(=O)N/N=C/c2cc(Br)ccc2OS(=O)(=O)c2ccc(C)cc2)cc1OCC. The fourth-order valence-electron chi connectivity index (χ4n) is 3.04. The molecule has 0 fully saturated rings. The normalized spacial score (nSPS) is 11.3. The number of hydrogen-bond acceptors (Lipinski definition) is 7. The molecule has 0 bridgehead atoms. The number of hydrogen-bond donors (Lipinski definition) is 1. The van der Waals surface area contributed by atoms with Gasteiger partial charge in [-0.3, -0.25) is 4.79 Å². The summed E-state index contributed by atoms with van der Waals surface area (Å²) in [6.07, 6.45) is 2.15.